The van der Waals surface area contributed by atoms with Gasteiger partial charge in [-0.15, -0.1) is 0 Å². The van der Waals surface area contributed by atoms with E-state index < -0.39 is 5.60 Å². The molecule has 0 spiro atoms. The second-order valence-corrected chi connectivity index (χ2v) is 8.33. The van der Waals surface area contributed by atoms with Crippen molar-refractivity contribution in [2.75, 3.05) is 51.6 Å². The monoisotopic (exact) mass is 457 g/mol. The van der Waals surface area contributed by atoms with E-state index in [4.69, 9.17) is 24.1 Å². The summed E-state index contributed by atoms with van der Waals surface area (Å²) in [5, 5.41) is 8.61. The number of aliphatic hydroxyl groups excluding tert-OH is 1. The molecule has 0 fully saturated rings. The van der Waals surface area contributed by atoms with Crippen molar-refractivity contribution in [1.29, 1.82) is 0 Å². The van der Waals surface area contributed by atoms with Crippen LogP contribution in [-0.2, 0) is 14.2 Å². The zero-order chi connectivity index (χ0) is 24.1. The van der Waals surface area contributed by atoms with E-state index in [0.29, 0.717) is 33.0 Å². The van der Waals surface area contributed by atoms with E-state index in [1.807, 2.05) is 81.5 Å². The van der Waals surface area contributed by atoms with Gasteiger partial charge in [-0.25, -0.2) is 4.79 Å². The average Bonchev–Trinajstić information content (AvgIpc) is 2.79. The summed E-state index contributed by atoms with van der Waals surface area (Å²) < 4.78 is 21.6. The summed E-state index contributed by atoms with van der Waals surface area (Å²) in [6.07, 6.45) is 3.65. The van der Waals surface area contributed by atoms with Crippen LogP contribution in [0.25, 0.3) is 12.2 Å². The predicted octanol–water partition coefficient (Wildman–Crippen LogP) is 4.63. The molecule has 33 heavy (non-hydrogen) atoms. The fourth-order valence-corrected chi connectivity index (χ4v) is 2.72. The van der Waals surface area contributed by atoms with Gasteiger partial charge in [0.2, 0.25) is 0 Å². The standard InChI is InChI=1S/C26H35NO6/c1-26(2,3)33-25(29)27(4)23-11-7-21(8-12-23)5-6-22-9-13-24(14-10-22)32-20-19-31-18-17-30-16-15-28/h5-14,28H,15-20H2,1-4H3/b6-5+. The number of nitrogens with zero attached hydrogens (tertiary/aromatic N) is 1. The lowest BCUT2D eigenvalue weighted by Crippen LogP contribution is -2.34. The second-order valence-electron chi connectivity index (χ2n) is 8.33. The second kappa shape index (κ2) is 13.6. The van der Waals surface area contributed by atoms with Crippen LogP contribution in [0.5, 0.6) is 5.75 Å². The minimum absolute atomic E-state index is 0.0218. The molecular formula is C26H35NO6. The number of amides is 1. The molecule has 0 saturated heterocycles. The highest BCUT2D eigenvalue weighted by Gasteiger charge is 2.20. The highest BCUT2D eigenvalue weighted by atomic mass is 16.6. The van der Waals surface area contributed by atoms with Crippen LogP contribution in [0.1, 0.15) is 31.9 Å². The molecule has 0 aliphatic rings. The van der Waals surface area contributed by atoms with Crippen LogP contribution in [0.2, 0.25) is 0 Å². The molecular weight excluding hydrogens is 422 g/mol. The van der Waals surface area contributed by atoms with E-state index in [1.165, 1.54) is 4.90 Å². The van der Waals surface area contributed by atoms with Crippen molar-refractivity contribution < 1.29 is 28.8 Å². The first-order valence-electron chi connectivity index (χ1n) is 11.0. The first kappa shape index (κ1) is 26.4. The first-order chi connectivity index (χ1) is 15.8. The molecule has 0 unspecified atom stereocenters. The normalized spacial score (nSPS) is 11.5. The van der Waals surface area contributed by atoms with Gasteiger partial charge in [0.05, 0.1) is 33.0 Å². The fraction of sp³-hybridized carbons (Fsp3) is 0.423. The average molecular weight is 458 g/mol. The molecule has 7 nitrogen and oxygen atoms in total. The van der Waals surface area contributed by atoms with Crippen molar-refractivity contribution in [3.63, 3.8) is 0 Å². The zero-order valence-electron chi connectivity index (χ0n) is 20.0. The third-order valence-corrected chi connectivity index (χ3v) is 4.40. The van der Waals surface area contributed by atoms with Gasteiger partial charge in [-0.05, 0) is 56.2 Å². The van der Waals surface area contributed by atoms with E-state index in [2.05, 4.69) is 0 Å². The number of rotatable bonds is 12. The lowest BCUT2D eigenvalue weighted by Gasteiger charge is -2.24. The smallest absolute Gasteiger partial charge is 0.414 e. The quantitative estimate of drug-likeness (QED) is 0.370. The number of ether oxygens (including phenoxy) is 4. The Balaban J connectivity index is 1.77. The number of aliphatic hydroxyl groups is 1. The maximum absolute atomic E-state index is 12.2. The molecule has 180 valence electrons. The minimum Gasteiger partial charge on any atom is -0.491 e. The van der Waals surface area contributed by atoms with Crippen molar-refractivity contribution in [2.45, 2.75) is 26.4 Å². The number of hydrogen-bond acceptors (Lipinski definition) is 6. The van der Waals surface area contributed by atoms with E-state index in [0.717, 1.165) is 22.6 Å². The maximum Gasteiger partial charge on any atom is 0.414 e. The number of anilines is 1. The molecule has 0 saturated carbocycles. The molecule has 0 radical (unpaired) electrons. The molecule has 1 N–H and O–H groups in total. The summed E-state index contributed by atoms with van der Waals surface area (Å²) >= 11 is 0. The van der Waals surface area contributed by atoms with Gasteiger partial charge < -0.3 is 24.1 Å². The van der Waals surface area contributed by atoms with E-state index in [9.17, 15) is 4.79 Å². The largest absolute Gasteiger partial charge is 0.491 e. The summed E-state index contributed by atoms with van der Waals surface area (Å²) in [5.74, 6) is 0.779. The summed E-state index contributed by atoms with van der Waals surface area (Å²) in [6.45, 7) is 7.77. The van der Waals surface area contributed by atoms with Gasteiger partial charge in [-0.3, -0.25) is 4.90 Å². The summed E-state index contributed by atoms with van der Waals surface area (Å²) in [4.78, 5) is 13.7. The van der Waals surface area contributed by atoms with E-state index in [1.54, 1.807) is 7.05 Å². The fourth-order valence-electron chi connectivity index (χ4n) is 2.72. The molecule has 1 amide bonds. The first-order valence-corrected chi connectivity index (χ1v) is 11.0. The number of hydrogen-bond donors (Lipinski definition) is 1. The van der Waals surface area contributed by atoms with Crippen molar-refractivity contribution >= 4 is 23.9 Å². The Morgan fingerprint density at radius 1 is 0.848 bits per heavy atom. The summed E-state index contributed by atoms with van der Waals surface area (Å²) in [7, 11) is 1.70. The molecule has 0 heterocycles. The lowest BCUT2D eigenvalue weighted by atomic mass is 10.1. The van der Waals surface area contributed by atoms with Gasteiger partial charge in [0.1, 0.15) is 18.0 Å². The third-order valence-electron chi connectivity index (χ3n) is 4.40. The predicted molar refractivity (Wildman–Crippen MR) is 131 cm³/mol. The maximum atomic E-state index is 12.2. The van der Waals surface area contributed by atoms with Crippen LogP contribution in [0.4, 0.5) is 10.5 Å². The minimum atomic E-state index is -0.529. The zero-order valence-corrected chi connectivity index (χ0v) is 20.0. The lowest BCUT2D eigenvalue weighted by molar-refractivity contribution is 0.0247. The summed E-state index contributed by atoms with van der Waals surface area (Å²) in [5.41, 5.74) is 2.31. The van der Waals surface area contributed by atoms with Crippen LogP contribution in [0, 0.1) is 0 Å². The van der Waals surface area contributed by atoms with Gasteiger partial charge in [-0.1, -0.05) is 36.4 Å². The molecule has 2 aromatic carbocycles. The van der Waals surface area contributed by atoms with E-state index in [-0.39, 0.29) is 12.7 Å². The van der Waals surface area contributed by atoms with E-state index >= 15 is 0 Å². The Morgan fingerprint density at radius 2 is 1.36 bits per heavy atom. The number of carbonyl (C=O) groups is 1. The number of carbonyl (C=O) groups excluding carboxylic acids is 1. The molecule has 0 aliphatic heterocycles. The Kier molecular flexibility index (Phi) is 10.9. The Morgan fingerprint density at radius 3 is 1.91 bits per heavy atom. The summed E-state index contributed by atoms with van der Waals surface area (Å²) in [6, 6.07) is 15.5. The molecule has 2 aromatic rings. The Hall–Kier alpha value is -2.87. The Labute approximate surface area is 196 Å². The van der Waals surface area contributed by atoms with Crippen molar-refractivity contribution in [3.8, 4) is 5.75 Å². The molecule has 2 rings (SSSR count). The van der Waals surface area contributed by atoms with Crippen LogP contribution in [0.15, 0.2) is 48.5 Å². The van der Waals surface area contributed by atoms with Gasteiger partial charge in [0.25, 0.3) is 0 Å². The van der Waals surface area contributed by atoms with Crippen LogP contribution in [-0.4, -0.2) is 63.5 Å². The van der Waals surface area contributed by atoms with Gasteiger partial charge >= 0.3 is 6.09 Å². The highest BCUT2D eigenvalue weighted by Crippen LogP contribution is 2.19. The molecule has 0 bridgehead atoms. The van der Waals surface area contributed by atoms with Crippen molar-refractivity contribution in [2.24, 2.45) is 0 Å². The van der Waals surface area contributed by atoms with Crippen LogP contribution in [0.3, 0.4) is 0 Å². The van der Waals surface area contributed by atoms with Gasteiger partial charge in [0, 0.05) is 12.7 Å². The van der Waals surface area contributed by atoms with Crippen LogP contribution < -0.4 is 9.64 Å². The topological polar surface area (TPSA) is 77.5 Å². The van der Waals surface area contributed by atoms with Crippen LogP contribution >= 0.6 is 0 Å². The molecule has 0 atom stereocenters. The van der Waals surface area contributed by atoms with Crippen molar-refractivity contribution in [1.82, 2.24) is 0 Å². The SMILES string of the molecule is CN(C(=O)OC(C)(C)C)c1ccc(/C=C/c2ccc(OCCOCCOCCO)cc2)cc1. The molecule has 0 aromatic heterocycles. The molecule has 7 heteroatoms. The van der Waals surface area contributed by atoms with Crippen molar-refractivity contribution in [3.05, 3.63) is 59.7 Å². The third kappa shape index (κ3) is 10.5. The Bertz CT molecular complexity index is 856. The van der Waals surface area contributed by atoms with Gasteiger partial charge in [0.15, 0.2) is 0 Å². The molecule has 0 aliphatic carbocycles. The van der Waals surface area contributed by atoms with Gasteiger partial charge in [-0.2, -0.15) is 0 Å². The highest BCUT2D eigenvalue weighted by molar-refractivity contribution is 5.87. The number of benzene rings is 2.